The number of rotatable bonds is 4. The van der Waals surface area contributed by atoms with Crippen LogP contribution in [0.4, 0.5) is 0 Å². The van der Waals surface area contributed by atoms with Crippen molar-refractivity contribution in [3.8, 4) is 6.07 Å². The van der Waals surface area contributed by atoms with Crippen LogP contribution in [0.5, 0.6) is 0 Å². The van der Waals surface area contributed by atoms with Gasteiger partial charge in [-0.2, -0.15) is 5.26 Å². The van der Waals surface area contributed by atoms with E-state index in [2.05, 4.69) is 18.2 Å². The van der Waals surface area contributed by atoms with Crippen molar-refractivity contribution < 1.29 is 4.79 Å². The standard InChI is InChI=1S/C13H12N2O/c1-10(8-15-11(2)7-14)13-5-3-12(9-16)4-6-13/h3,5,8-9H,1-2,4,6H2. The molecule has 0 aromatic carbocycles. The van der Waals surface area contributed by atoms with Crippen LogP contribution in [0.1, 0.15) is 12.8 Å². The molecule has 0 unspecified atom stereocenters. The fraction of sp³-hybridized carbons (Fsp3) is 0.154. The molecule has 0 saturated carbocycles. The third-order valence-electron chi connectivity index (χ3n) is 2.25. The SMILES string of the molecule is C=C(C#N)N=CC(=C)C1=CC=C(C=O)CC1. The van der Waals surface area contributed by atoms with Crippen LogP contribution in [0.3, 0.4) is 0 Å². The number of aldehydes is 1. The lowest BCUT2D eigenvalue weighted by molar-refractivity contribution is -0.105. The van der Waals surface area contributed by atoms with Gasteiger partial charge in [-0.15, -0.1) is 0 Å². The predicted octanol–water partition coefficient (Wildman–Crippen LogP) is 2.50. The maximum atomic E-state index is 10.5. The quantitative estimate of drug-likeness (QED) is 0.408. The summed E-state index contributed by atoms with van der Waals surface area (Å²) >= 11 is 0. The van der Waals surface area contributed by atoms with Gasteiger partial charge in [-0.1, -0.05) is 25.3 Å². The molecule has 0 atom stereocenters. The Bertz CT molecular complexity index is 459. The van der Waals surface area contributed by atoms with Crippen molar-refractivity contribution in [1.29, 1.82) is 5.26 Å². The number of allylic oxidation sites excluding steroid dienone is 6. The van der Waals surface area contributed by atoms with Crippen LogP contribution in [0, 0.1) is 11.3 Å². The molecule has 16 heavy (non-hydrogen) atoms. The summed E-state index contributed by atoms with van der Waals surface area (Å²) in [5, 5.41) is 8.47. The van der Waals surface area contributed by atoms with Crippen LogP contribution in [0.2, 0.25) is 0 Å². The van der Waals surface area contributed by atoms with E-state index in [0.29, 0.717) is 0 Å². The number of nitriles is 1. The summed E-state index contributed by atoms with van der Waals surface area (Å²) in [7, 11) is 0. The first-order valence-corrected chi connectivity index (χ1v) is 4.84. The highest BCUT2D eigenvalue weighted by molar-refractivity contribution is 5.85. The fourth-order valence-corrected chi connectivity index (χ4v) is 1.29. The van der Waals surface area contributed by atoms with E-state index in [4.69, 9.17) is 5.26 Å². The Kier molecular flexibility index (Phi) is 4.16. The van der Waals surface area contributed by atoms with E-state index in [0.717, 1.165) is 35.8 Å². The molecule has 1 aliphatic carbocycles. The first-order valence-electron chi connectivity index (χ1n) is 4.84. The number of aliphatic imine (C=N–C) groups is 1. The largest absolute Gasteiger partial charge is 0.298 e. The molecular weight excluding hydrogens is 200 g/mol. The van der Waals surface area contributed by atoms with E-state index in [1.54, 1.807) is 6.08 Å². The van der Waals surface area contributed by atoms with Gasteiger partial charge in [0.05, 0.1) is 0 Å². The minimum absolute atomic E-state index is 0.154. The predicted molar refractivity (Wildman–Crippen MR) is 63.8 cm³/mol. The number of hydrogen-bond donors (Lipinski definition) is 0. The first kappa shape index (κ1) is 11.9. The zero-order chi connectivity index (χ0) is 12.0. The highest BCUT2D eigenvalue weighted by Crippen LogP contribution is 2.21. The van der Waals surface area contributed by atoms with E-state index in [9.17, 15) is 4.79 Å². The van der Waals surface area contributed by atoms with E-state index in [1.165, 1.54) is 6.21 Å². The van der Waals surface area contributed by atoms with Crippen LogP contribution < -0.4 is 0 Å². The van der Waals surface area contributed by atoms with Gasteiger partial charge in [0.2, 0.25) is 0 Å². The van der Waals surface area contributed by atoms with Gasteiger partial charge in [0.1, 0.15) is 18.1 Å². The number of hydrogen-bond acceptors (Lipinski definition) is 3. The second-order valence-corrected chi connectivity index (χ2v) is 3.39. The zero-order valence-electron chi connectivity index (χ0n) is 8.94. The first-order chi connectivity index (χ1) is 7.67. The van der Waals surface area contributed by atoms with E-state index in [-0.39, 0.29) is 5.70 Å². The maximum absolute atomic E-state index is 10.5. The number of carbonyl (C=O) groups excluding carboxylic acids is 1. The fourth-order valence-electron chi connectivity index (χ4n) is 1.29. The molecule has 0 heterocycles. The minimum atomic E-state index is 0.154. The van der Waals surface area contributed by atoms with Crippen LogP contribution in [0.25, 0.3) is 0 Å². The van der Waals surface area contributed by atoms with Crippen LogP contribution in [-0.2, 0) is 4.79 Å². The lowest BCUT2D eigenvalue weighted by Crippen LogP contribution is -1.97. The second-order valence-electron chi connectivity index (χ2n) is 3.39. The summed E-state index contributed by atoms with van der Waals surface area (Å²) in [5.74, 6) is 0. The van der Waals surface area contributed by atoms with E-state index >= 15 is 0 Å². The van der Waals surface area contributed by atoms with Crippen molar-refractivity contribution in [1.82, 2.24) is 0 Å². The molecule has 0 bridgehead atoms. The summed E-state index contributed by atoms with van der Waals surface area (Å²) in [6.07, 6.45) is 7.52. The molecule has 3 heteroatoms. The van der Waals surface area contributed by atoms with Crippen molar-refractivity contribution in [3.05, 3.63) is 47.7 Å². The topological polar surface area (TPSA) is 53.2 Å². The third-order valence-corrected chi connectivity index (χ3v) is 2.25. The lowest BCUT2D eigenvalue weighted by atomic mass is 9.95. The highest BCUT2D eigenvalue weighted by atomic mass is 16.1. The van der Waals surface area contributed by atoms with Gasteiger partial charge in [-0.05, 0) is 29.6 Å². The summed E-state index contributed by atoms with van der Waals surface area (Å²) in [4.78, 5) is 14.3. The Morgan fingerprint density at radius 2 is 2.19 bits per heavy atom. The molecule has 0 N–H and O–H groups in total. The molecule has 0 amide bonds. The smallest absolute Gasteiger partial charge is 0.146 e. The van der Waals surface area contributed by atoms with Crippen LogP contribution in [0.15, 0.2) is 52.7 Å². The summed E-state index contributed by atoms with van der Waals surface area (Å²) in [6, 6.07) is 1.83. The molecule has 0 fully saturated rings. The Morgan fingerprint density at radius 3 is 2.69 bits per heavy atom. The van der Waals surface area contributed by atoms with Crippen LogP contribution in [-0.4, -0.2) is 12.5 Å². The van der Waals surface area contributed by atoms with Gasteiger partial charge in [-0.3, -0.25) is 4.79 Å². The van der Waals surface area contributed by atoms with Crippen molar-refractivity contribution in [3.63, 3.8) is 0 Å². The Labute approximate surface area is 94.8 Å². The minimum Gasteiger partial charge on any atom is -0.298 e. The van der Waals surface area contributed by atoms with Gasteiger partial charge < -0.3 is 0 Å². The third kappa shape index (κ3) is 3.18. The molecule has 3 nitrogen and oxygen atoms in total. The van der Waals surface area contributed by atoms with Crippen molar-refractivity contribution in [2.45, 2.75) is 12.8 Å². The molecule has 80 valence electrons. The Morgan fingerprint density at radius 1 is 1.44 bits per heavy atom. The monoisotopic (exact) mass is 212 g/mol. The van der Waals surface area contributed by atoms with Crippen molar-refractivity contribution >= 4 is 12.5 Å². The van der Waals surface area contributed by atoms with Gasteiger partial charge in [0.25, 0.3) is 0 Å². The summed E-state index contributed by atoms with van der Waals surface area (Å²) in [5.41, 5.74) is 2.72. The van der Waals surface area contributed by atoms with Gasteiger partial charge in [-0.25, -0.2) is 4.99 Å². The molecule has 0 radical (unpaired) electrons. The Hall–Kier alpha value is -2.21. The normalized spacial score (nSPS) is 14.9. The molecule has 0 spiro atoms. The van der Waals surface area contributed by atoms with Crippen LogP contribution >= 0.6 is 0 Å². The van der Waals surface area contributed by atoms with Crippen molar-refractivity contribution in [2.24, 2.45) is 4.99 Å². The summed E-state index contributed by atoms with van der Waals surface area (Å²) in [6.45, 7) is 7.29. The van der Waals surface area contributed by atoms with E-state index < -0.39 is 0 Å². The number of carbonyl (C=O) groups is 1. The molecule has 0 aromatic rings. The lowest BCUT2D eigenvalue weighted by Gasteiger charge is -2.10. The molecule has 1 aliphatic rings. The zero-order valence-corrected chi connectivity index (χ0v) is 8.94. The van der Waals surface area contributed by atoms with Gasteiger partial charge >= 0.3 is 0 Å². The molecule has 1 rings (SSSR count). The Balaban J connectivity index is 2.71. The maximum Gasteiger partial charge on any atom is 0.146 e. The van der Waals surface area contributed by atoms with E-state index in [1.807, 2.05) is 12.1 Å². The molecule has 0 aromatic heterocycles. The average molecular weight is 212 g/mol. The second kappa shape index (κ2) is 5.62. The van der Waals surface area contributed by atoms with Crippen molar-refractivity contribution in [2.75, 3.05) is 0 Å². The average Bonchev–Trinajstić information content (AvgIpc) is 2.35. The number of nitrogens with zero attached hydrogens (tertiary/aromatic N) is 2. The summed E-state index contributed by atoms with van der Waals surface area (Å²) < 4.78 is 0. The molecular formula is C13H12N2O. The molecule has 0 aliphatic heterocycles. The van der Waals surface area contributed by atoms with Gasteiger partial charge in [0, 0.05) is 6.21 Å². The van der Waals surface area contributed by atoms with Gasteiger partial charge in [0.15, 0.2) is 0 Å². The molecule has 0 saturated heterocycles. The highest BCUT2D eigenvalue weighted by Gasteiger charge is 2.07.